The summed E-state index contributed by atoms with van der Waals surface area (Å²) in [5, 5.41) is 0. The van der Waals surface area contributed by atoms with Gasteiger partial charge in [0.2, 0.25) is 0 Å². The maximum Gasteiger partial charge on any atom is 2.00 e. The minimum absolute atomic E-state index is 0. The minimum Gasteiger partial charge on any atom is -0.759 e. The van der Waals surface area contributed by atoms with Crippen LogP contribution < -0.4 is 0 Å². The molecule has 12 heteroatoms. The Bertz CT molecular complexity index is 213. The first kappa shape index (κ1) is 23.2. The molecule has 0 N–H and O–H groups in total. The summed E-state index contributed by atoms with van der Waals surface area (Å²) >= 11 is 0. The standard InChI is InChI=1S/Cu.2H2O4S.Pb/c;2*1-5(2,3)4;/h;2*(H2,1,2,3,4);/q+2;;;+2/p-4. The Morgan fingerprint density at radius 1 is 0.667 bits per heavy atom. The van der Waals surface area contributed by atoms with Crippen molar-refractivity contribution >= 4 is 48.1 Å². The number of rotatable bonds is 0. The zero-order valence-corrected chi connectivity index (χ0v) is 11.3. The molecule has 0 bridgehead atoms. The van der Waals surface area contributed by atoms with Crippen LogP contribution in [0.3, 0.4) is 0 Å². The summed E-state index contributed by atoms with van der Waals surface area (Å²) < 4.78 is 68.2. The normalized spacial score (nSPS) is 9.67. The molecule has 8 nitrogen and oxygen atoms in total. The molecule has 0 saturated heterocycles. The van der Waals surface area contributed by atoms with Crippen molar-refractivity contribution < 1.29 is 52.1 Å². The predicted octanol–water partition coefficient (Wildman–Crippen LogP) is -3.06. The number of hydrogen-bond donors (Lipinski definition) is 0. The van der Waals surface area contributed by atoms with E-state index in [0.717, 1.165) is 0 Å². The van der Waals surface area contributed by atoms with E-state index in [-0.39, 0.29) is 44.4 Å². The average molecular weight is 463 g/mol. The molecule has 0 fully saturated rings. The van der Waals surface area contributed by atoms with E-state index in [1.54, 1.807) is 0 Å². The first-order valence-electron chi connectivity index (χ1n) is 1.33. The Morgan fingerprint density at radius 2 is 0.667 bits per heavy atom. The van der Waals surface area contributed by atoms with E-state index in [2.05, 4.69) is 0 Å². The van der Waals surface area contributed by atoms with Crippen LogP contribution in [0.25, 0.3) is 0 Å². The third-order valence-electron chi connectivity index (χ3n) is 0. The third-order valence-corrected chi connectivity index (χ3v) is 0. The summed E-state index contributed by atoms with van der Waals surface area (Å²) in [4.78, 5) is 0. The van der Waals surface area contributed by atoms with Gasteiger partial charge in [-0.1, -0.05) is 0 Å². The molecule has 12 heavy (non-hydrogen) atoms. The van der Waals surface area contributed by atoms with Crippen LogP contribution in [0.15, 0.2) is 0 Å². The van der Waals surface area contributed by atoms with Crippen molar-refractivity contribution in [1.29, 1.82) is 0 Å². The van der Waals surface area contributed by atoms with Crippen LogP contribution in [0.2, 0.25) is 0 Å². The van der Waals surface area contributed by atoms with Crippen LogP contribution in [0.4, 0.5) is 0 Å². The summed E-state index contributed by atoms with van der Waals surface area (Å²) in [5.41, 5.74) is 0. The van der Waals surface area contributed by atoms with E-state index in [4.69, 9.17) is 35.0 Å². The molecule has 0 unspecified atom stereocenters. The van der Waals surface area contributed by atoms with Crippen molar-refractivity contribution in [2.24, 2.45) is 0 Å². The van der Waals surface area contributed by atoms with Crippen LogP contribution in [-0.2, 0) is 37.9 Å². The molecular weight excluding hydrogens is 463 g/mol. The van der Waals surface area contributed by atoms with Crippen molar-refractivity contribution in [2.75, 3.05) is 0 Å². The van der Waals surface area contributed by atoms with Gasteiger partial charge >= 0.3 is 44.4 Å². The van der Waals surface area contributed by atoms with Gasteiger partial charge in [-0.25, -0.2) is 0 Å². The first-order valence-corrected chi connectivity index (χ1v) is 4.00. The molecule has 0 aliphatic heterocycles. The smallest absolute Gasteiger partial charge is 0.759 e. The monoisotopic (exact) mass is 463 g/mol. The van der Waals surface area contributed by atoms with E-state index in [1.807, 2.05) is 0 Å². The molecule has 3 radical (unpaired) electrons. The van der Waals surface area contributed by atoms with E-state index in [1.165, 1.54) is 0 Å². The van der Waals surface area contributed by atoms with Crippen LogP contribution >= 0.6 is 0 Å². The summed E-state index contributed by atoms with van der Waals surface area (Å²) in [5.74, 6) is 0. The molecule has 75 valence electrons. The van der Waals surface area contributed by atoms with Gasteiger partial charge in [-0.05, 0) is 0 Å². The summed E-state index contributed by atoms with van der Waals surface area (Å²) in [7, 11) is -10.3. The van der Waals surface area contributed by atoms with Crippen LogP contribution in [0.5, 0.6) is 0 Å². The van der Waals surface area contributed by atoms with Crippen molar-refractivity contribution in [3.8, 4) is 0 Å². The Labute approximate surface area is 99.5 Å². The first-order chi connectivity index (χ1) is 4.00. The Kier molecular flexibility index (Phi) is 16.9. The molecule has 0 amide bonds. The van der Waals surface area contributed by atoms with Gasteiger partial charge in [0, 0.05) is 20.8 Å². The Balaban J connectivity index is -0.0000000457. The number of hydrogen-bond acceptors (Lipinski definition) is 8. The van der Waals surface area contributed by atoms with Crippen molar-refractivity contribution in [3.05, 3.63) is 0 Å². The molecule has 0 spiro atoms. The van der Waals surface area contributed by atoms with Crippen LogP contribution in [-0.4, -0.2) is 62.3 Å². The van der Waals surface area contributed by atoms with Crippen LogP contribution in [0, 0.1) is 0 Å². The molecule has 0 aromatic carbocycles. The Morgan fingerprint density at radius 3 is 0.667 bits per heavy atom. The maximum absolute atomic E-state index is 8.52. The van der Waals surface area contributed by atoms with Gasteiger partial charge in [0.05, 0.1) is 0 Å². The topological polar surface area (TPSA) is 161 Å². The average Bonchev–Trinajstić information content (AvgIpc) is 1.12. The fourth-order valence-corrected chi connectivity index (χ4v) is 0. The van der Waals surface area contributed by atoms with E-state index >= 15 is 0 Å². The zero-order chi connectivity index (χ0) is 9.00. The molecule has 0 aromatic rings. The summed E-state index contributed by atoms with van der Waals surface area (Å²) in [6.45, 7) is 0. The molecule has 0 saturated carbocycles. The van der Waals surface area contributed by atoms with Gasteiger partial charge < -0.3 is 18.2 Å². The second-order valence-corrected chi connectivity index (χ2v) is 2.45. The fourth-order valence-electron chi connectivity index (χ4n) is 0. The van der Waals surface area contributed by atoms with E-state index < -0.39 is 20.8 Å². The van der Waals surface area contributed by atoms with E-state index in [9.17, 15) is 0 Å². The van der Waals surface area contributed by atoms with Crippen LogP contribution in [0.1, 0.15) is 0 Å². The largest absolute Gasteiger partial charge is 2.00 e. The third kappa shape index (κ3) is 830. The molecule has 0 atom stereocenters. The SMILES string of the molecule is O=S(=O)([O-])[O-].O=S(=O)([O-])[O-].[Cu+2].[Pb+2]. The van der Waals surface area contributed by atoms with Gasteiger partial charge in [-0.2, -0.15) is 0 Å². The van der Waals surface area contributed by atoms with Gasteiger partial charge in [-0.15, -0.1) is 0 Å². The molecular formula is CuO8PbS2. The zero-order valence-electron chi connectivity index (χ0n) is 4.88. The van der Waals surface area contributed by atoms with Crippen molar-refractivity contribution in [1.82, 2.24) is 0 Å². The van der Waals surface area contributed by atoms with Gasteiger partial charge in [0.25, 0.3) is 0 Å². The maximum atomic E-state index is 8.52. The summed E-state index contributed by atoms with van der Waals surface area (Å²) in [6, 6.07) is 0. The predicted molar refractivity (Wildman–Crippen MR) is 26.7 cm³/mol. The molecule has 0 heterocycles. The van der Waals surface area contributed by atoms with Gasteiger partial charge in [0.15, 0.2) is 0 Å². The second-order valence-electron chi connectivity index (χ2n) is 0.816. The van der Waals surface area contributed by atoms with Gasteiger partial charge in [0.1, 0.15) is 0 Å². The van der Waals surface area contributed by atoms with Crippen molar-refractivity contribution in [3.63, 3.8) is 0 Å². The fraction of sp³-hybridized carbons (Fsp3) is 0. The molecule has 0 aliphatic rings. The molecule has 0 rings (SSSR count). The minimum atomic E-state index is -5.17. The summed E-state index contributed by atoms with van der Waals surface area (Å²) in [6.07, 6.45) is 0. The van der Waals surface area contributed by atoms with Crippen molar-refractivity contribution in [2.45, 2.75) is 0 Å². The second kappa shape index (κ2) is 8.77. The molecule has 0 aromatic heterocycles. The quantitative estimate of drug-likeness (QED) is 0.208. The molecule has 0 aliphatic carbocycles. The van der Waals surface area contributed by atoms with Gasteiger partial charge in [-0.3, -0.25) is 16.8 Å². The van der Waals surface area contributed by atoms with E-state index in [0.29, 0.717) is 0 Å². The Hall–Kier alpha value is 1.18.